The van der Waals surface area contributed by atoms with E-state index in [4.69, 9.17) is 27.0 Å². The lowest BCUT2D eigenvalue weighted by atomic mass is 10.3. The molecule has 0 bridgehead atoms. The SMILES string of the molecule is O=S(=O)(Cl)c1ccc(Oc2cccc(Cl)c2F)cc1. The van der Waals surface area contributed by atoms with Crippen molar-refractivity contribution in [3.63, 3.8) is 0 Å². The van der Waals surface area contributed by atoms with Crippen molar-refractivity contribution < 1.29 is 17.5 Å². The second kappa shape index (κ2) is 5.36. The summed E-state index contributed by atoms with van der Waals surface area (Å²) in [5, 5.41) is -0.0579. The molecular weight excluding hydrogens is 314 g/mol. The Morgan fingerprint density at radius 3 is 2.26 bits per heavy atom. The minimum atomic E-state index is -3.79. The molecule has 2 aromatic carbocycles. The Morgan fingerprint density at radius 2 is 1.68 bits per heavy atom. The number of rotatable bonds is 3. The first-order valence-corrected chi connectivity index (χ1v) is 7.73. The normalized spacial score (nSPS) is 11.3. The fraction of sp³-hybridized carbons (Fsp3) is 0. The van der Waals surface area contributed by atoms with E-state index in [1.807, 2.05) is 0 Å². The van der Waals surface area contributed by atoms with Gasteiger partial charge in [-0.05, 0) is 36.4 Å². The highest BCUT2D eigenvalue weighted by molar-refractivity contribution is 8.13. The Morgan fingerprint density at radius 1 is 1.05 bits per heavy atom. The largest absolute Gasteiger partial charge is 0.454 e. The van der Waals surface area contributed by atoms with Gasteiger partial charge in [-0.3, -0.25) is 0 Å². The minimum absolute atomic E-state index is 0.0472. The van der Waals surface area contributed by atoms with Gasteiger partial charge < -0.3 is 4.74 Å². The van der Waals surface area contributed by atoms with Crippen LogP contribution < -0.4 is 4.74 Å². The number of hydrogen-bond donors (Lipinski definition) is 0. The van der Waals surface area contributed by atoms with Crippen LogP contribution in [0, 0.1) is 5.82 Å². The van der Waals surface area contributed by atoms with Crippen molar-refractivity contribution in [1.82, 2.24) is 0 Å². The molecule has 0 fully saturated rings. The predicted molar refractivity (Wildman–Crippen MR) is 71.0 cm³/mol. The molecule has 0 aliphatic rings. The highest BCUT2D eigenvalue weighted by Gasteiger charge is 2.11. The first-order valence-electron chi connectivity index (χ1n) is 5.04. The van der Waals surface area contributed by atoms with E-state index in [0.29, 0.717) is 0 Å². The second-order valence-electron chi connectivity index (χ2n) is 3.56. The van der Waals surface area contributed by atoms with E-state index in [2.05, 4.69) is 0 Å². The summed E-state index contributed by atoms with van der Waals surface area (Å²) in [5.41, 5.74) is 0. The predicted octanol–water partition coefficient (Wildman–Crippen LogP) is 4.20. The molecule has 0 radical (unpaired) electrons. The average molecular weight is 321 g/mol. The van der Waals surface area contributed by atoms with Gasteiger partial charge in [0.1, 0.15) is 5.75 Å². The van der Waals surface area contributed by atoms with E-state index >= 15 is 0 Å². The van der Waals surface area contributed by atoms with Gasteiger partial charge in [0.25, 0.3) is 9.05 Å². The molecule has 19 heavy (non-hydrogen) atoms. The van der Waals surface area contributed by atoms with Crippen molar-refractivity contribution in [1.29, 1.82) is 0 Å². The second-order valence-corrected chi connectivity index (χ2v) is 6.54. The number of ether oxygens (including phenoxy) is 1. The Balaban J connectivity index is 2.27. The van der Waals surface area contributed by atoms with Gasteiger partial charge in [-0.15, -0.1) is 0 Å². The molecule has 0 atom stereocenters. The van der Waals surface area contributed by atoms with Crippen LogP contribution in [0.25, 0.3) is 0 Å². The van der Waals surface area contributed by atoms with Crippen LogP contribution in [0.5, 0.6) is 11.5 Å². The van der Waals surface area contributed by atoms with Crippen LogP contribution in [-0.4, -0.2) is 8.42 Å². The van der Waals surface area contributed by atoms with Gasteiger partial charge in [0, 0.05) is 10.7 Å². The zero-order valence-electron chi connectivity index (χ0n) is 9.31. The third-order valence-electron chi connectivity index (χ3n) is 2.25. The van der Waals surface area contributed by atoms with Crippen molar-refractivity contribution in [3.05, 3.63) is 53.3 Å². The van der Waals surface area contributed by atoms with E-state index < -0.39 is 14.9 Å². The monoisotopic (exact) mass is 320 g/mol. The van der Waals surface area contributed by atoms with Gasteiger partial charge in [0.2, 0.25) is 0 Å². The Bertz CT molecular complexity index is 699. The van der Waals surface area contributed by atoms with Crippen molar-refractivity contribution in [3.8, 4) is 11.5 Å². The maximum Gasteiger partial charge on any atom is 0.261 e. The summed E-state index contributed by atoms with van der Waals surface area (Å²) >= 11 is 5.61. The summed E-state index contributed by atoms with van der Waals surface area (Å²) in [6.45, 7) is 0. The molecule has 0 N–H and O–H groups in total. The van der Waals surface area contributed by atoms with Gasteiger partial charge in [0.05, 0.1) is 9.92 Å². The first-order chi connectivity index (χ1) is 8.88. The molecule has 0 unspecified atom stereocenters. The molecule has 100 valence electrons. The van der Waals surface area contributed by atoms with E-state index in [-0.39, 0.29) is 21.4 Å². The zero-order chi connectivity index (χ0) is 14.0. The summed E-state index contributed by atoms with van der Waals surface area (Å²) in [7, 11) is 1.39. The van der Waals surface area contributed by atoms with Gasteiger partial charge >= 0.3 is 0 Å². The molecule has 0 aliphatic heterocycles. The van der Waals surface area contributed by atoms with Crippen LogP contribution in [0.1, 0.15) is 0 Å². The molecule has 0 saturated carbocycles. The Labute approximate surface area is 119 Å². The van der Waals surface area contributed by atoms with Crippen molar-refractivity contribution in [2.75, 3.05) is 0 Å². The van der Waals surface area contributed by atoms with Crippen LogP contribution >= 0.6 is 22.3 Å². The van der Waals surface area contributed by atoms with Crippen molar-refractivity contribution in [2.45, 2.75) is 4.90 Å². The van der Waals surface area contributed by atoms with Crippen LogP contribution in [-0.2, 0) is 9.05 Å². The molecule has 0 amide bonds. The molecule has 0 aromatic heterocycles. The van der Waals surface area contributed by atoms with E-state index in [1.54, 1.807) is 6.07 Å². The van der Waals surface area contributed by atoms with Gasteiger partial charge in [-0.1, -0.05) is 17.7 Å². The lowest BCUT2D eigenvalue weighted by Gasteiger charge is -2.07. The first kappa shape index (κ1) is 14.1. The molecule has 0 spiro atoms. The van der Waals surface area contributed by atoms with Crippen molar-refractivity contribution in [2.24, 2.45) is 0 Å². The van der Waals surface area contributed by atoms with Crippen LogP contribution in [0.2, 0.25) is 5.02 Å². The van der Waals surface area contributed by atoms with E-state index in [1.165, 1.54) is 36.4 Å². The average Bonchev–Trinajstić information content (AvgIpc) is 2.35. The van der Waals surface area contributed by atoms with Crippen LogP contribution in [0.4, 0.5) is 4.39 Å². The maximum atomic E-state index is 13.6. The summed E-state index contributed by atoms with van der Waals surface area (Å²) in [6, 6.07) is 9.62. The van der Waals surface area contributed by atoms with Crippen LogP contribution in [0.15, 0.2) is 47.4 Å². The number of benzene rings is 2. The molecular formula is C12H7Cl2FO3S. The van der Waals surface area contributed by atoms with Crippen LogP contribution in [0.3, 0.4) is 0 Å². The smallest absolute Gasteiger partial charge is 0.261 e. The number of hydrogen-bond acceptors (Lipinski definition) is 3. The summed E-state index contributed by atoms with van der Waals surface area (Å²) in [5.74, 6) is -0.461. The molecule has 0 aliphatic carbocycles. The molecule has 2 rings (SSSR count). The topological polar surface area (TPSA) is 43.4 Å². The van der Waals surface area contributed by atoms with Crippen molar-refractivity contribution >= 4 is 31.3 Å². The van der Waals surface area contributed by atoms with Gasteiger partial charge in [-0.25, -0.2) is 12.8 Å². The summed E-state index contributed by atoms with van der Waals surface area (Å²) in [4.78, 5) is -0.0620. The molecule has 7 heteroatoms. The Hall–Kier alpha value is -1.30. The highest BCUT2D eigenvalue weighted by Crippen LogP contribution is 2.29. The quantitative estimate of drug-likeness (QED) is 0.796. The molecule has 0 saturated heterocycles. The Kier molecular flexibility index (Phi) is 3.99. The van der Waals surface area contributed by atoms with Gasteiger partial charge in [-0.2, -0.15) is 0 Å². The lowest BCUT2D eigenvalue weighted by Crippen LogP contribution is -1.92. The lowest BCUT2D eigenvalue weighted by molar-refractivity contribution is 0.442. The fourth-order valence-electron chi connectivity index (χ4n) is 1.36. The summed E-state index contributed by atoms with van der Waals surface area (Å²) in [6.07, 6.45) is 0. The number of halogens is 3. The molecule has 3 nitrogen and oxygen atoms in total. The highest BCUT2D eigenvalue weighted by atomic mass is 35.7. The fourth-order valence-corrected chi connectivity index (χ4v) is 2.30. The van der Waals surface area contributed by atoms with Gasteiger partial charge in [0.15, 0.2) is 11.6 Å². The maximum absolute atomic E-state index is 13.6. The summed E-state index contributed by atoms with van der Waals surface area (Å²) < 4.78 is 40.9. The van der Waals surface area contributed by atoms with E-state index in [0.717, 1.165) is 0 Å². The minimum Gasteiger partial charge on any atom is -0.454 e. The molecule has 2 aromatic rings. The van der Waals surface area contributed by atoms with E-state index in [9.17, 15) is 12.8 Å². The zero-order valence-corrected chi connectivity index (χ0v) is 11.6. The molecule has 0 heterocycles. The third kappa shape index (κ3) is 3.37. The third-order valence-corrected chi connectivity index (χ3v) is 3.91. The standard InChI is InChI=1S/C12H7Cl2FO3S/c13-10-2-1-3-11(12(10)15)18-8-4-6-9(7-5-8)19(14,16)17/h1-7H.